The Kier molecular flexibility index (Phi) is 17.6. The second-order valence-electron chi connectivity index (χ2n) is 10.1. The normalized spacial score (nSPS) is 11.3. The molecule has 39 heavy (non-hydrogen) atoms. The Morgan fingerprint density at radius 1 is 0.487 bits per heavy atom. The Labute approximate surface area is 241 Å². The lowest BCUT2D eigenvalue weighted by Gasteiger charge is -2.07. The Hall–Kier alpha value is -2.08. The average Bonchev–Trinajstić information content (AvgIpc) is 2.95. The molecule has 3 nitrogen and oxygen atoms in total. The molecule has 3 rings (SSSR count). The van der Waals surface area contributed by atoms with Crippen molar-refractivity contribution in [3.05, 3.63) is 91.0 Å². The first-order chi connectivity index (χ1) is 19.0. The van der Waals surface area contributed by atoms with Gasteiger partial charge in [0.2, 0.25) is 0 Å². The molecule has 0 aliphatic rings. The lowest BCUT2D eigenvalue weighted by Crippen LogP contribution is -2.04. The average molecular weight is 569 g/mol. The van der Waals surface area contributed by atoms with E-state index in [9.17, 15) is 13.0 Å². The van der Waals surface area contributed by atoms with Crippen molar-refractivity contribution in [3.8, 4) is 0 Å². The molecule has 0 bridgehead atoms. The topological polar surface area (TPSA) is 57.2 Å². The van der Waals surface area contributed by atoms with Crippen LogP contribution < -0.4 is 0 Å². The molecule has 214 valence electrons. The van der Waals surface area contributed by atoms with Gasteiger partial charge in [-0.25, -0.2) is 8.42 Å². The van der Waals surface area contributed by atoms with Gasteiger partial charge in [0.1, 0.15) is 0 Å². The molecule has 0 amide bonds. The van der Waals surface area contributed by atoms with Crippen LogP contribution in [-0.4, -0.2) is 18.7 Å². The van der Waals surface area contributed by atoms with E-state index < -0.39 is 10.1 Å². The highest BCUT2D eigenvalue weighted by Crippen LogP contribution is 2.30. The van der Waals surface area contributed by atoms with E-state index in [1.165, 1.54) is 85.3 Å². The first-order valence-corrected chi connectivity index (χ1v) is 17.6. The fourth-order valence-electron chi connectivity index (χ4n) is 4.55. The van der Waals surface area contributed by atoms with E-state index in [4.69, 9.17) is 0 Å². The number of unbranched alkanes of at least 4 members (excludes halogenated alkanes) is 13. The third-order valence-electron chi connectivity index (χ3n) is 6.68. The SMILES string of the molecule is CCCCCCCCCCCCCCCCS(=O)(=O)[O-].c1ccc([S+](c2ccccc2)c2ccccc2)cc1. The van der Waals surface area contributed by atoms with Gasteiger partial charge >= 0.3 is 0 Å². The van der Waals surface area contributed by atoms with Crippen LogP contribution in [0.4, 0.5) is 0 Å². The number of hydrogen-bond donors (Lipinski definition) is 0. The minimum absolute atomic E-state index is 0.0146. The number of benzene rings is 3. The maximum Gasteiger partial charge on any atom is 0.166 e. The van der Waals surface area contributed by atoms with Crippen molar-refractivity contribution in [1.29, 1.82) is 0 Å². The first kappa shape index (κ1) is 33.1. The van der Waals surface area contributed by atoms with Crippen LogP contribution in [0.2, 0.25) is 0 Å². The molecule has 0 radical (unpaired) electrons. The van der Waals surface area contributed by atoms with E-state index in [1.807, 2.05) is 0 Å². The van der Waals surface area contributed by atoms with E-state index in [2.05, 4.69) is 97.9 Å². The van der Waals surface area contributed by atoms with Crippen molar-refractivity contribution in [1.82, 2.24) is 0 Å². The van der Waals surface area contributed by atoms with Gasteiger partial charge in [-0.3, -0.25) is 0 Å². The van der Waals surface area contributed by atoms with Crippen LogP contribution in [-0.2, 0) is 21.0 Å². The smallest absolute Gasteiger partial charge is 0.166 e. The Morgan fingerprint density at radius 3 is 1.05 bits per heavy atom. The van der Waals surface area contributed by atoms with Crippen molar-refractivity contribution in [3.63, 3.8) is 0 Å². The summed E-state index contributed by atoms with van der Waals surface area (Å²) in [7, 11) is -4.01. The number of rotatable bonds is 18. The summed E-state index contributed by atoms with van der Waals surface area (Å²) in [6.07, 6.45) is 17.2. The standard InChI is InChI=1S/C18H15S.C16H34O3S/c1-4-10-16(11-5-1)19(17-12-6-2-7-13-17)18-14-8-3-9-15-18;1-2-3-4-5-6-7-8-9-10-11-12-13-14-15-16-20(17,18)19/h1-15H;2-16H2,1H3,(H,17,18,19)/q+1;/p-1. The fourth-order valence-corrected chi connectivity index (χ4v) is 7.21. The highest BCUT2D eigenvalue weighted by atomic mass is 32.2. The van der Waals surface area contributed by atoms with Gasteiger partial charge in [0.05, 0.1) is 21.0 Å². The van der Waals surface area contributed by atoms with E-state index in [0.717, 1.165) is 12.8 Å². The second kappa shape index (κ2) is 20.8. The molecule has 0 unspecified atom stereocenters. The number of hydrogen-bond acceptors (Lipinski definition) is 3. The van der Waals surface area contributed by atoms with Crippen LogP contribution in [0.5, 0.6) is 0 Å². The third kappa shape index (κ3) is 15.9. The molecular formula is C34H48O3S2. The zero-order chi connectivity index (χ0) is 28.0. The molecule has 0 aliphatic carbocycles. The highest BCUT2D eigenvalue weighted by Gasteiger charge is 2.27. The summed E-state index contributed by atoms with van der Waals surface area (Å²) in [4.78, 5) is 4.08. The van der Waals surface area contributed by atoms with Crippen LogP contribution in [0.3, 0.4) is 0 Å². The molecular weight excluding hydrogens is 521 g/mol. The van der Waals surface area contributed by atoms with Gasteiger partial charge < -0.3 is 4.55 Å². The van der Waals surface area contributed by atoms with E-state index >= 15 is 0 Å². The zero-order valence-electron chi connectivity index (χ0n) is 23.8. The second-order valence-corrected chi connectivity index (χ2v) is 13.7. The summed E-state index contributed by atoms with van der Waals surface area (Å²) in [5.74, 6) is -0.189. The minimum Gasteiger partial charge on any atom is -0.748 e. The fraction of sp³-hybridized carbons (Fsp3) is 0.471. The summed E-state index contributed by atoms with van der Waals surface area (Å²) < 4.78 is 31.2. The van der Waals surface area contributed by atoms with E-state index in [-0.39, 0.29) is 16.6 Å². The minimum atomic E-state index is -3.99. The third-order valence-corrected chi connectivity index (χ3v) is 9.70. The summed E-state index contributed by atoms with van der Waals surface area (Å²) in [6, 6.07) is 32.2. The van der Waals surface area contributed by atoms with Crippen LogP contribution in [0, 0.1) is 0 Å². The maximum atomic E-state index is 10.4. The zero-order valence-corrected chi connectivity index (χ0v) is 25.4. The molecule has 0 aliphatic heterocycles. The molecule has 0 aromatic heterocycles. The molecule has 3 aromatic carbocycles. The highest BCUT2D eigenvalue weighted by molar-refractivity contribution is 7.97. The van der Waals surface area contributed by atoms with Gasteiger partial charge in [0.15, 0.2) is 14.7 Å². The van der Waals surface area contributed by atoms with Crippen LogP contribution in [0.25, 0.3) is 0 Å². The molecule has 0 N–H and O–H groups in total. The van der Waals surface area contributed by atoms with Gasteiger partial charge in [-0.05, 0) is 42.8 Å². The van der Waals surface area contributed by atoms with Crippen LogP contribution in [0.1, 0.15) is 96.8 Å². The monoisotopic (exact) mass is 568 g/mol. The molecule has 0 spiro atoms. The van der Waals surface area contributed by atoms with E-state index in [1.54, 1.807) is 0 Å². The summed E-state index contributed by atoms with van der Waals surface area (Å²) in [5, 5.41) is 0. The first-order valence-electron chi connectivity index (χ1n) is 14.8. The van der Waals surface area contributed by atoms with Gasteiger partial charge in [-0.2, -0.15) is 0 Å². The predicted molar refractivity (Wildman–Crippen MR) is 166 cm³/mol. The van der Waals surface area contributed by atoms with Crippen molar-refractivity contribution >= 4 is 21.0 Å². The van der Waals surface area contributed by atoms with Gasteiger partial charge in [0.25, 0.3) is 0 Å². The summed E-state index contributed by atoms with van der Waals surface area (Å²) in [5.41, 5.74) is 0. The largest absolute Gasteiger partial charge is 0.748 e. The maximum absolute atomic E-state index is 10.4. The van der Waals surface area contributed by atoms with Gasteiger partial charge in [-0.15, -0.1) is 0 Å². The summed E-state index contributed by atoms with van der Waals surface area (Å²) in [6.45, 7) is 2.25. The van der Waals surface area contributed by atoms with Crippen molar-refractivity contribution in [2.24, 2.45) is 0 Å². The van der Waals surface area contributed by atoms with Gasteiger partial charge in [0, 0.05) is 5.75 Å². The molecule has 3 aromatic rings. The Balaban J connectivity index is 0.000000273. The lowest BCUT2D eigenvalue weighted by molar-refractivity contribution is 0.459. The van der Waals surface area contributed by atoms with Crippen molar-refractivity contribution in [2.45, 2.75) is 112 Å². The van der Waals surface area contributed by atoms with Gasteiger partial charge in [-0.1, -0.05) is 145 Å². The molecule has 0 fully saturated rings. The van der Waals surface area contributed by atoms with E-state index in [0.29, 0.717) is 6.42 Å². The van der Waals surface area contributed by atoms with Crippen molar-refractivity contribution < 1.29 is 13.0 Å². The Morgan fingerprint density at radius 2 is 0.769 bits per heavy atom. The summed E-state index contributed by atoms with van der Waals surface area (Å²) >= 11 is 0. The molecule has 0 saturated heterocycles. The molecule has 0 saturated carbocycles. The van der Waals surface area contributed by atoms with Crippen molar-refractivity contribution in [2.75, 3.05) is 5.75 Å². The molecule has 5 heteroatoms. The molecule has 0 atom stereocenters. The van der Waals surface area contributed by atoms with Crippen LogP contribution in [0.15, 0.2) is 106 Å². The quantitative estimate of drug-likeness (QED) is 0.0871. The lowest BCUT2D eigenvalue weighted by atomic mass is 10.0. The molecule has 0 heterocycles. The Bertz CT molecular complexity index is 977. The predicted octanol–water partition coefficient (Wildman–Crippen LogP) is 9.79. The van der Waals surface area contributed by atoms with Crippen LogP contribution >= 0.6 is 0 Å².